The van der Waals surface area contributed by atoms with E-state index in [0.717, 1.165) is 6.29 Å². The van der Waals surface area contributed by atoms with E-state index in [1.807, 2.05) is 0 Å². The summed E-state index contributed by atoms with van der Waals surface area (Å²) in [5, 5.41) is 0. The molecule has 64 valence electrons. The Bertz CT molecular complexity index is 341. The molecule has 0 saturated carbocycles. The fourth-order valence-corrected chi connectivity index (χ4v) is 1.56. The lowest BCUT2D eigenvalue weighted by molar-refractivity contribution is 0.101. The highest BCUT2D eigenvalue weighted by Crippen LogP contribution is 2.20. The molecular formula is C8H8BrNO2. The van der Waals surface area contributed by atoms with Crippen LogP contribution in [0, 0.1) is 0 Å². The van der Waals surface area contributed by atoms with Gasteiger partial charge in [-0.25, -0.2) is 0 Å². The van der Waals surface area contributed by atoms with E-state index in [2.05, 4.69) is 15.9 Å². The molecular weight excluding hydrogens is 222 g/mol. The van der Waals surface area contributed by atoms with E-state index in [1.165, 1.54) is 6.92 Å². The Morgan fingerprint density at radius 3 is 2.50 bits per heavy atom. The fraction of sp³-hybridized carbons (Fsp3) is 0.250. The van der Waals surface area contributed by atoms with Crippen LogP contribution in [0.1, 0.15) is 27.8 Å². The Labute approximate surface area is 78.5 Å². The van der Waals surface area contributed by atoms with E-state index in [4.69, 9.17) is 0 Å². The number of carbonyl (C=O) groups is 2. The van der Waals surface area contributed by atoms with Crippen LogP contribution in [0.4, 0.5) is 0 Å². The molecule has 0 aromatic carbocycles. The number of ketones is 1. The summed E-state index contributed by atoms with van der Waals surface area (Å²) in [6, 6.07) is 1.57. The molecule has 0 radical (unpaired) electrons. The SMILES string of the molecule is CC(=O)c1cc(C=O)n(C)c1Br. The molecule has 0 aliphatic heterocycles. The smallest absolute Gasteiger partial charge is 0.166 e. The molecule has 0 unspecified atom stereocenters. The molecule has 0 N–H and O–H groups in total. The van der Waals surface area contributed by atoms with Crippen molar-refractivity contribution in [2.24, 2.45) is 7.05 Å². The van der Waals surface area contributed by atoms with Gasteiger partial charge in [0.15, 0.2) is 12.1 Å². The van der Waals surface area contributed by atoms with Gasteiger partial charge in [-0.3, -0.25) is 9.59 Å². The van der Waals surface area contributed by atoms with Crippen molar-refractivity contribution in [3.05, 3.63) is 21.9 Å². The minimum Gasteiger partial charge on any atom is -0.336 e. The Balaban J connectivity index is 3.34. The predicted octanol–water partition coefficient (Wildman–Crippen LogP) is 1.80. The highest BCUT2D eigenvalue weighted by Gasteiger charge is 2.12. The van der Waals surface area contributed by atoms with Crippen molar-refractivity contribution in [3.8, 4) is 0 Å². The standard InChI is InChI=1S/C8H8BrNO2/c1-5(12)7-3-6(4-11)10(2)8(7)9/h3-4H,1-2H3. The van der Waals surface area contributed by atoms with Gasteiger partial charge >= 0.3 is 0 Å². The third kappa shape index (κ3) is 1.34. The molecule has 1 rings (SSSR count). The molecule has 0 fully saturated rings. The summed E-state index contributed by atoms with van der Waals surface area (Å²) in [7, 11) is 1.72. The average Bonchev–Trinajstić information content (AvgIpc) is 2.30. The third-order valence-corrected chi connectivity index (χ3v) is 2.66. The first kappa shape index (κ1) is 9.19. The number of aromatic nitrogens is 1. The van der Waals surface area contributed by atoms with Crippen LogP contribution in [0.15, 0.2) is 10.7 Å². The van der Waals surface area contributed by atoms with Gasteiger partial charge in [0.25, 0.3) is 0 Å². The molecule has 0 bridgehead atoms. The second kappa shape index (κ2) is 3.23. The zero-order valence-electron chi connectivity index (χ0n) is 6.80. The number of carbonyl (C=O) groups excluding carboxylic acids is 2. The van der Waals surface area contributed by atoms with Crippen molar-refractivity contribution in [2.45, 2.75) is 6.92 Å². The van der Waals surface area contributed by atoms with Crippen molar-refractivity contribution < 1.29 is 9.59 Å². The van der Waals surface area contributed by atoms with Crippen LogP contribution in [-0.2, 0) is 7.05 Å². The van der Waals surface area contributed by atoms with Crippen molar-refractivity contribution in [1.29, 1.82) is 0 Å². The molecule has 0 spiro atoms. The summed E-state index contributed by atoms with van der Waals surface area (Å²) in [4.78, 5) is 21.5. The van der Waals surface area contributed by atoms with Crippen molar-refractivity contribution >= 4 is 28.0 Å². The van der Waals surface area contributed by atoms with E-state index in [0.29, 0.717) is 15.9 Å². The normalized spacial score (nSPS) is 9.92. The van der Waals surface area contributed by atoms with Gasteiger partial charge in [-0.1, -0.05) is 0 Å². The summed E-state index contributed by atoms with van der Waals surface area (Å²) in [6.45, 7) is 1.47. The topological polar surface area (TPSA) is 39.1 Å². The fourth-order valence-electron chi connectivity index (χ4n) is 0.958. The molecule has 3 nitrogen and oxygen atoms in total. The lowest BCUT2D eigenvalue weighted by Crippen LogP contribution is -1.95. The number of halogens is 1. The summed E-state index contributed by atoms with van der Waals surface area (Å²) in [5.41, 5.74) is 1.03. The summed E-state index contributed by atoms with van der Waals surface area (Å²) >= 11 is 3.23. The number of hydrogen-bond donors (Lipinski definition) is 0. The molecule has 1 aromatic heterocycles. The number of Topliss-reactive ketones (excluding diaryl/α,β-unsaturated/α-hetero) is 1. The Morgan fingerprint density at radius 2 is 2.25 bits per heavy atom. The first-order chi connectivity index (χ1) is 5.57. The molecule has 1 aromatic rings. The summed E-state index contributed by atoms with van der Waals surface area (Å²) < 4.78 is 2.28. The van der Waals surface area contributed by atoms with Gasteiger partial charge in [-0.05, 0) is 28.9 Å². The van der Waals surface area contributed by atoms with Gasteiger partial charge in [0.05, 0.1) is 15.9 Å². The first-order valence-electron chi connectivity index (χ1n) is 3.39. The molecule has 0 aliphatic carbocycles. The maximum Gasteiger partial charge on any atom is 0.166 e. The molecule has 12 heavy (non-hydrogen) atoms. The predicted molar refractivity (Wildman–Crippen MR) is 48.5 cm³/mol. The van der Waals surface area contributed by atoms with E-state index in [1.54, 1.807) is 17.7 Å². The second-order valence-electron chi connectivity index (χ2n) is 2.51. The summed E-state index contributed by atoms with van der Waals surface area (Å²) in [6.07, 6.45) is 0.719. The van der Waals surface area contributed by atoms with Crippen LogP contribution in [0.2, 0.25) is 0 Å². The van der Waals surface area contributed by atoms with Crippen LogP contribution in [-0.4, -0.2) is 16.6 Å². The van der Waals surface area contributed by atoms with Crippen molar-refractivity contribution in [3.63, 3.8) is 0 Å². The minimum atomic E-state index is -0.0504. The van der Waals surface area contributed by atoms with E-state index in [-0.39, 0.29) is 5.78 Å². The molecule has 0 saturated heterocycles. The lowest BCUT2D eigenvalue weighted by atomic mass is 10.2. The zero-order chi connectivity index (χ0) is 9.30. The van der Waals surface area contributed by atoms with Crippen molar-refractivity contribution in [2.75, 3.05) is 0 Å². The monoisotopic (exact) mass is 229 g/mol. The molecule has 0 atom stereocenters. The molecule has 0 amide bonds. The third-order valence-electron chi connectivity index (χ3n) is 1.70. The van der Waals surface area contributed by atoms with Crippen LogP contribution in [0.3, 0.4) is 0 Å². The van der Waals surface area contributed by atoms with Crippen LogP contribution < -0.4 is 0 Å². The Morgan fingerprint density at radius 1 is 1.67 bits per heavy atom. The number of hydrogen-bond acceptors (Lipinski definition) is 2. The lowest BCUT2D eigenvalue weighted by Gasteiger charge is -1.96. The highest BCUT2D eigenvalue weighted by molar-refractivity contribution is 9.10. The van der Waals surface area contributed by atoms with Crippen LogP contribution >= 0.6 is 15.9 Å². The van der Waals surface area contributed by atoms with Gasteiger partial charge < -0.3 is 4.57 Å². The number of aldehydes is 1. The van der Waals surface area contributed by atoms with E-state index in [9.17, 15) is 9.59 Å². The minimum absolute atomic E-state index is 0.0504. The molecule has 1 heterocycles. The number of nitrogens with zero attached hydrogens (tertiary/aromatic N) is 1. The first-order valence-corrected chi connectivity index (χ1v) is 4.18. The Hall–Kier alpha value is -0.900. The second-order valence-corrected chi connectivity index (χ2v) is 3.26. The largest absolute Gasteiger partial charge is 0.336 e. The average molecular weight is 230 g/mol. The van der Waals surface area contributed by atoms with E-state index < -0.39 is 0 Å². The maximum atomic E-state index is 11.0. The van der Waals surface area contributed by atoms with Gasteiger partial charge in [-0.15, -0.1) is 0 Å². The molecule has 0 aliphatic rings. The van der Waals surface area contributed by atoms with Gasteiger partial charge in [0.1, 0.15) is 0 Å². The van der Waals surface area contributed by atoms with E-state index >= 15 is 0 Å². The van der Waals surface area contributed by atoms with Crippen LogP contribution in [0.5, 0.6) is 0 Å². The van der Waals surface area contributed by atoms with Gasteiger partial charge in [0.2, 0.25) is 0 Å². The highest BCUT2D eigenvalue weighted by atomic mass is 79.9. The quantitative estimate of drug-likeness (QED) is 0.574. The van der Waals surface area contributed by atoms with Gasteiger partial charge in [0, 0.05) is 7.05 Å². The van der Waals surface area contributed by atoms with Crippen molar-refractivity contribution in [1.82, 2.24) is 4.57 Å². The van der Waals surface area contributed by atoms with Gasteiger partial charge in [-0.2, -0.15) is 0 Å². The zero-order valence-corrected chi connectivity index (χ0v) is 8.38. The summed E-state index contributed by atoms with van der Waals surface area (Å²) in [5.74, 6) is -0.0504. The number of rotatable bonds is 2. The van der Waals surface area contributed by atoms with Crippen LogP contribution in [0.25, 0.3) is 0 Å². The molecule has 4 heteroatoms. The Kier molecular flexibility index (Phi) is 2.47. The maximum absolute atomic E-state index is 11.0.